The summed E-state index contributed by atoms with van der Waals surface area (Å²) >= 11 is 0. The minimum Gasteiger partial charge on any atom is -0.505 e. The molecule has 1 aliphatic carbocycles. The molecule has 1 saturated heterocycles. The van der Waals surface area contributed by atoms with Gasteiger partial charge in [-0.1, -0.05) is 93.8 Å². The number of para-hydroxylation sites is 2. The molecule has 2 N–H and O–H groups in total. The molecule has 13 heteroatoms. The van der Waals surface area contributed by atoms with Crippen LogP contribution in [0.1, 0.15) is 158 Å². The summed E-state index contributed by atoms with van der Waals surface area (Å²) < 4.78 is 29.1. The van der Waals surface area contributed by atoms with Gasteiger partial charge in [-0.2, -0.15) is 0 Å². The third kappa shape index (κ3) is 15.6. The van der Waals surface area contributed by atoms with Gasteiger partial charge >= 0.3 is 18.0 Å². The molecule has 396 valence electrons. The second-order valence-corrected chi connectivity index (χ2v) is 20.4. The molecule has 6 aromatic rings. The number of pyridine rings is 2. The molecule has 3 heterocycles. The molecule has 4 aromatic carbocycles. The molecule has 0 radical (unpaired) electrons. The molecule has 2 fully saturated rings. The van der Waals surface area contributed by atoms with Crippen molar-refractivity contribution < 1.29 is 48.3 Å². The maximum Gasteiger partial charge on any atom is 0.410 e. The van der Waals surface area contributed by atoms with Gasteiger partial charge in [0.25, 0.3) is 0 Å². The van der Waals surface area contributed by atoms with Crippen LogP contribution in [0.2, 0.25) is 0 Å². The molecule has 8 rings (SSSR count). The van der Waals surface area contributed by atoms with E-state index < -0.39 is 17.5 Å². The first-order valence-electron chi connectivity index (χ1n) is 26.5. The number of likely N-dealkylation sites (tertiary alicyclic amines) is 1. The molecule has 1 aliphatic heterocycles. The quantitative estimate of drug-likeness (QED) is 0.0697. The summed E-state index contributed by atoms with van der Waals surface area (Å²) in [6.45, 7) is 14.0. The van der Waals surface area contributed by atoms with Gasteiger partial charge in [0.15, 0.2) is 11.5 Å². The first-order valence-corrected chi connectivity index (χ1v) is 26.5. The number of piperidine rings is 1. The van der Waals surface area contributed by atoms with E-state index in [9.17, 15) is 24.6 Å². The number of ether oxygens (including phenoxy) is 5. The lowest BCUT2D eigenvalue weighted by molar-refractivity contribution is -0.00365. The van der Waals surface area contributed by atoms with E-state index >= 15 is 0 Å². The lowest BCUT2D eigenvalue weighted by Crippen LogP contribution is -2.43. The Morgan fingerprint density at radius 2 is 0.973 bits per heavy atom. The van der Waals surface area contributed by atoms with E-state index in [-0.39, 0.29) is 40.9 Å². The fourth-order valence-corrected chi connectivity index (χ4v) is 9.36. The third-order valence-electron chi connectivity index (χ3n) is 13.2. The highest BCUT2D eigenvalue weighted by atomic mass is 16.6. The second-order valence-electron chi connectivity index (χ2n) is 20.4. The summed E-state index contributed by atoms with van der Waals surface area (Å²) in [6.07, 6.45) is 9.02. The molecular formula is C62H73N3O10. The van der Waals surface area contributed by atoms with Gasteiger partial charge in [0, 0.05) is 50.2 Å². The summed E-state index contributed by atoms with van der Waals surface area (Å²) in [5.41, 5.74) is 5.61. The number of aryl methyl sites for hydroxylation is 2. The molecule has 0 spiro atoms. The van der Waals surface area contributed by atoms with Crippen molar-refractivity contribution in [2.45, 2.75) is 150 Å². The minimum absolute atomic E-state index is 0.0370. The Bertz CT molecular complexity index is 2870. The summed E-state index contributed by atoms with van der Waals surface area (Å²) in [5, 5.41) is 22.0. The van der Waals surface area contributed by atoms with Gasteiger partial charge in [0.05, 0.1) is 11.4 Å². The van der Waals surface area contributed by atoms with E-state index in [0.29, 0.717) is 85.6 Å². The first kappa shape index (κ1) is 55.3. The number of nitrogens with zero attached hydrogens (tertiary/aromatic N) is 3. The Morgan fingerprint density at radius 3 is 1.39 bits per heavy atom. The zero-order chi connectivity index (χ0) is 53.5. The topological polar surface area (TPSA) is 167 Å². The number of amides is 1. The number of hydrogen-bond acceptors (Lipinski definition) is 12. The normalized spacial score (nSPS) is 14.0. The molecule has 1 amide bonds. The molecule has 1 saturated carbocycles. The van der Waals surface area contributed by atoms with Crippen molar-refractivity contribution in [2.75, 3.05) is 13.1 Å². The highest BCUT2D eigenvalue weighted by Gasteiger charge is 2.31. The predicted molar refractivity (Wildman–Crippen MR) is 289 cm³/mol. The summed E-state index contributed by atoms with van der Waals surface area (Å²) in [4.78, 5) is 50.1. The monoisotopic (exact) mass is 1020 g/mol. The van der Waals surface area contributed by atoms with Crippen LogP contribution in [-0.4, -0.2) is 74.0 Å². The van der Waals surface area contributed by atoms with E-state index in [1.807, 2.05) is 151 Å². The smallest absolute Gasteiger partial charge is 0.410 e. The predicted octanol–water partition coefficient (Wildman–Crippen LogP) is 13.9. The minimum atomic E-state index is -0.571. The Hall–Kier alpha value is -7.41. The Balaban J connectivity index is 0.000000222. The molecule has 0 unspecified atom stereocenters. The van der Waals surface area contributed by atoms with Crippen LogP contribution >= 0.6 is 0 Å². The van der Waals surface area contributed by atoms with Gasteiger partial charge < -0.3 is 38.8 Å². The Kier molecular flexibility index (Phi) is 19.3. The van der Waals surface area contributed by atoms with E-state index in [1.165, 1.54) is 6.42 Å². The number of hydrogen-bond donors (Lipinski definition) is 2. The first-order chi connectivity index (χ1) is 36.1. The van der Waals surface area contributed by atoms with Crippen LogP contribution in [0.5, 0.6) is 34.5 Å². The van der Waals surface area contributed by atoms with Crippen molar-refractivity contribution in [1.29, 1.82) is 0 Å². The number of aromatic nitrogens is 2. The fourth-order valence-electron chi connectivity index (χ4n) is 9.36. The Labute approximate surface area is 442 Å². The third-order valence-corrected chi connectivity index (χ3v) is 13.2. The molecular weight excluding hydrogens is 947 g/mol. The number of carbonyl (C=O) groups is 3. The number of rotatable bonds is 16. The fraction of sp³-hybridized carbons (Fsp3) is 0.403. The van der Waals surface area contributed by atoms with Crippen molar-refractivity contribution in [3.05, 3.63) is 165 Å². The number of esters is 2. The van der Waals surface area contributed by atoms with Gasteiger partial charge in [-0.3, -0.25) is 9.97 Å². The van der Waals surface area contributed by atoms with E-state index in [1.54, 1.807) is 11.8 Å². The van der Waals surface area contributed by atoms with Gasteiger partial charge in [0.1, 0.15) is 51.9 Å². The molecule has 13 nitrogen and oxygen atoms in total. The van der Waals surface area contributed by atoms with Crippen LogP contribution in [0.4, 0.5) is 4.79 Å². The van der Waals surface area contributed by atoms with Crippen LogP contribution in [0, 0.1) is 13.8 Å². The molecule has 2 aliphatic rings. The van der Waals surface area contributed by atoms with Gasteiger partial charge in [-0.15, -0.1) is 0 Å². The molecule has 0 atom stereocenters. The lowest BCUT2D eigenvalue weighted by Gasteiger charge is -2.33. The van der Waals surface area contributed by atoms with Crippen LogP contribution in [0.3, 0.4) is 0 Å². The van der Waals surface area contributed by atoms with Crippen molar-refractivity contribution in [3.8, 4) is 34.5 Å². The van der Waals surface area contributed by atoms with Gasteiger partial charge in [-0.25, -0.2) is 14.4 Å². The second kappa shape index (κ2) is 26.2. The summed E-state index contributed by atoms with van der Waals surface area (Å²) in [5.74, 6) is 1.80. The van der Waals surface area contributed by atoms with Crippen LogP contribution < -0.4 is 9.47 Å². The average molecular weight is 1020 g/mol. The zero-order valence-electron chi connectivity index (χ0n) is 44.7. The molecule has 2 aromatic heterocycles. The standard InChI is InChI=1S/C33H40N2O6.C29H33NO4/c1-6-11-27-30(36)29(31(37)40-25-16-18-35(19-17-25)32(38)41-33(3,4)5)22(2)28(34-27)21-23-12-10-15-26(20-23)39-24-13-8-7-9-14-24;1-3-11-25-28(31)27(29(32)34-23-15-8-5-9-16-23)20(2)26(30-25)19-21-12-10-17-24(18-21)33-22-13-6-4-7-14-22/h7-10,12-15,20,25,36H,6,11,16-19,21H2,1-5H3;4,6-7,10,12-14,17-18,23,31H,3,5,8-9,11,15-16,19H2,1-2H3. The number of carbonyl (C=O) groups excluding carboxylic acids is 3. The maximum atomic E-state index is 13.4. The average Bonchev–Trinajstić information content (AvgIpc) is 3.38. The summed E-state index contributed by atoms with van der Waals surface area (Å²) in [7, 11) is 0. The maximum absolute atomic E-state index is 13.4. The SMILES string of the molecule is CCCc1nc(Cc2cccc(Oc3ccccc3)c2)c(C)c(C(=O)OC2CCCCC2)c1O.CCCc1nc(Cc2cccc(Oc3ccccc3)c2)c(C)c(C(=O)OC2CCN(C(=O)OC(C)(C)C)CC2)c1O. The van der Waals surface area contributed by atoms with Crippen molar-refractivity contribution >= 4 is 18.0 Å². The van der Waals surface area contributed by atoms with Crippen LogP contribution in [0.25, 0.3) is 0 Å². The highest BCUT2D eigenvalue weighted by Crippen LogP contribution is 2.34. The van der Waals surface area contributed by atoms with Crippen molar-refractivity contribution in [3.63, 3.8) is 0 Å². The zero-order valence-corrected chi connectivity index (χ0v) is 44.7. The van der Waals surface area contributed by atoms with Crippen LogP contribution in [-0.2, 0) is 39.9 Å². The largest absolute Gasteiger partial charge is 0.505 e. The van der Waals surface area contributed by atoms with Gasteiger partial charge in [0.2, 0.25) is 0 Å². The molecule has 0 bridgehead atoms. The van der Waals surface area contributed by atoms with Crippen molar-refractivity contribution in [2.24, 2.45) is 0 Å². The lowest BCUT2D eigenvalue weighted by atomic mass is 9.97. The summed E-state index contributed by atoms with van der Waals surface area (Å²) in [6, 6.07) is 34.9. The Morgan fingerprint density at radius 1 is 0.560 bits per heavy atom. The van der Waals surface area contributed by atoms with E-state index in [0.717, 1.165) is 72.6 Å². The number of aromatic hydroxyl groups is 2. The number of benzene rings is 4. The molecule has 75 heavy (non-hydrogen) atoms. The van der Waals surface area contributed by atoms with E-state index in [4.69, 9.17) is 33.7 Å². The van der Waals surface area contributed by atoms with Gasteiger partial charge in [-0.05, 0) is 144 Å². The van der Waals surface area contributed by atoms with Crippen LogP contribution in [0.15, 0.2) is 109 Å². The highest BCUT2D eigenvalue weighted by molar-refractivity contribution is 5.95. The van der Waals surface area contributed by atoms with E-state index in [2.05, 4.69) is 0 Å². The van der Waals surface area contributed by atoms with Crippen molar-refractivity contribution in [1.82, 2.24) is 14.9 Å².